The first-order chi connectivity index (χ1) is 12.1. The quantitative estimate of drug-likeness (QED) is 0.297. The van der Waals surface area contributed by atoms with Crippen LogP contribution < -0.4 is 0 Å². The van der Waals surface area contributed by atoms with Crippen molar-refractivity contribution in [1.29, 1.82) is 0 Å². The summed E-state index contributed by atoms with van der Waals surface area (Å²) in [5.41, 5.74) is 5.09. The molecule has 0 saturated heterocycles. The minimum absolute atomic E-state index is 0.347. The fourth-order valence-electron chi connectivity index (χ4n) is 3.86. The average Bonchev–Trinajstić information content (AvgIpc) is 2.65. The van der Waals surface area contributed by atoms with Crippen molar-refractivity contribution in [2.45, 2.75) is 124 Å². The van der Waals surface area contributed by atoms with Crippen molar-refractivity contribution >= 4 is 0 Å². The van der Waals surface area contributed by atoms with Crippen LogP contribution in [-0.2, 0) is 18.3 Å². The smallest absolute Gasteiger partial charge is 0.00804 e. The van der Waals surface area contributed by atoms with Crippen molar-refractivity contribution in [1.82, 2.24) is 0 Å². The lowest BCUT2D eigenvalue weighted by molar-refractivity contribution is 0.438. The van der Waals surface area contributed by atoms with Gasteiger partial charge in [-0.1, -0.05) is 104 Å². The van der Waals surface area contributed by atoms with Crippen LogP contribution in [0.15, 0.2) is 18.2 Å². The second-order valence-electron chi connectivity index (χ2n) is 8.18. The third kappa shape index (κ3) is 7.55. The summed E-state index contributed by atoms with van der Waals surface area (Å²) in [5, 5.41) is 0. The fourth-order valence-corrected chi connectivity index (χ4v) is 3.86. The standard InChI is InChI=1S/C25H44/c1-6-10-11-12-13-14-15-16-17-18-23-21-24(20-19-22(23)7-2)25(5,8-3)9-4/h19-21H,6-18H2,1-5H3. The van der Waals surface area contributed by atoms with Crippen molar-refractivity contribution in [2.24, 2.45) is 0 Å². The Kier molecular flexibility index (Phi) is 11.2. The van der Waals surface area contributed by atoms with Crippen LogP contribution in [0.5, 0.6) is 0 Å². The molecule has 0 atom stereocenters. The highest BCUT2D eigenvalue weighted by atomic mass is 14.3. The molecule has 0 saturated carbocycles. The average molecular weight is 345 g/mol. The zero-order valence-corrected chi connectivity index (χ0v) is 17.9. The maximum Gasteiger partial charge on any atom is -0.00804 e. The molecule has 0 heterocycles. The maximum atomic E-state index is 2.54. The van der Waals surface area contributed by atoms with Gasteiger partial charge in [0.2, 0.25) is 0 Å². The molecule has 1 rings (SSSR count). The van der Waals surface area contributed by atoms with E-state index in [1.165, 1.54) is 83.5 Å². The molecule has 0 unspecified atom stereocenters. The molecule has 0 N–H and O–H groups in total. The molecule has 0 aliphatic heterocycles. The van der Waals surface area contributed by atoms with Crippen LogP contribution in [0.2, 0.25) is 0 Å². The molecule has 0 aliphatic rings. The normalized spacial score (nSPS) is 11.9. The van der Waals surface area contributed by atoms with Crippen LogP contribution in [0.25, 0.3) is 0 Å². The summed E-state index contributed by atoms with van der Waals surface area (Å²) in [6.45, 7) is 11.7. The summed E-state index contributed by atoms with van der Waals surface area (Å²) < 4.78 is 0. The van der Waals surface area contributed by atoms with E-state index in [2.05, 4.69) is 52.8 Å². The monoisotopic (exact) mass is 344 g/mol. The minimum atomic E-state index is 0.347. The number of aryl methyl sites for hydroxylation is 2. The second kappa shape index (κ2) is 12.6. The van der Waals surface area contributed by atoms with Gasteiger partial charge in [-0.3, -0.25) is 0 Å². The summed E-state index contributed by atoms with van der Waals surface area (Å²) in [7, 11) is 0. The van der Waals surface area contributed by atoms with Gasteiger partial charge in [-0.15, -0.1) is 0 Å². The van der Waals surface area contributed by atoms with E-state index in [-0.39, 0.29) is 0 Å². The third-order valence-electron chi connectivity index (χ3n) is 6.39. The highest BCUT2D eigenvalue weighted by Gasteiger charge is 2.22. The minimum Gasteiger partial charge on any atom is -0.0654 e. The highest BCUT2D eigenvalue weighted by molar-refractivity contribution is 5.36. The Hall–Kier alpha value is -0.780. The van der Waals surface area contributed by atoms with Crippen molar-refractivity contribution in [3.05, 3.63) is 34.9 Å². The molecular formula is C25H44. The van der Waals surface area contributed by atoms with E-state index >= 15 is 0 Å². The number of rotatable bonds is 14. The molecule has 0 heteroatoms. The molecule has 0 spiro atoms. The Balaban J connectivity index is 2.46. The van der Waals surface area contributed by atoms with Crippen molar-refractivity contribution in [2.75, 3.05) is 0 Å². The van der Waals surface area contributed by atoms with E-state index in [0.29, 0.717) is 5.41 Å². The maximum absolute atomic E-state index is 2.54. The van der Waals surface area contributed by atoms with Gasteiger partial charge in [0.15, 0.2) is 0 Å². The fraction of sp³-hybridized carbons (Fsp3) is 0.760. The first-order valence-electron chi connectivity index (χ1n) is 11.2. The molecule has 1 aromatic rings. The van der Waals surface area contributed by atoms with Crippen molar-refractivity contribution < 1.29 is 0 Å². The van der Waals surface area contributed by atoms with Crippen LogP contribution in [0.1, 0.15) is 122 Å². The molecular weight excluding hydrogens is 300 g/mol. The molecule has 0 nitrogen and oxygen atoms in total. The lowest BCUT2D eigenvalue weighted by Crippen LogP contribution is -2.20. The molecule has 25 heavy (non-hydrogen) atoms. The largest absolute Gasteiger partial charge is 0.0654 e. The van der Waals surface area contributed by atoms with Crippen LogP contribution in [0, 0.1) is 0 Å². The molecule has 1 aromatic carbocycles. The Bertz CT molecular complexity index is 453. The van der Waals surface area contributed by atoms with Gasteiger partial charge in [0.1, 0.15) is 0 Å². The van der Waals surface area contributed by atoms with E-state index in [1.807, 2.05) is 0 Å². The molecule has 0 aromatic heterocycles. The van der Waals surface area contributed by atoms with Gasteiger partial charge in [0.25, 0.3) is 0 Å². The third-order valence-corrected chi connectivity index (χ3v) is 6.39. The topological polar surface area (TPSA) is 0 Å². The Morgan fingerprint density at radius 2 is 1.24 bits per heavy atom. The zero-order valence-electron chi connectivity index (χ0n) is 17.9. The van der Waals surface area contributed by atoms with Gasteiger partial charge in [-0.05, 0) is 54.2 Å². The van der Waals surface area contributed by atoms with E-state index in [1.54, 1.807) is 16.7 Å². The van der Waals surface area contributed by atoms with Gasteiger partial charge in [-0.25, -0.2) is 0 Å². The van der Waals surface area contributed by atoms with E-state index in [0.717, 1.165) is 0 Å². The van der Waals surface area contributed by atoms with Crippen molar-refractivity contribution in [3.8, 4) is 0 Å². The number of hydrogen-bond acceptors (Lipinski definition) is 0. The molecule has 0 bridgehead atoms. The van der Waals surface area contributed by atoms with Crippen LogP contribution >= 0.6 is 0 Å². The summed E-state index contributed by atoms with van der Waals surface area (Å²) >= 11 is 0. The number of unbranched alkanes of at least 4 members (excludes halogenated alkanes) is 8. The molecule has 0 aliphatic carbocycles. The van der Waals surface area contributed by atoms with Crippen LogP contribution in [-0.4, -0.2) is 0 Å². The molecule has 0 radical (unpaired) electrons. The predicted molar refractivity (Wildman–Crippen MR) is 115 cm³/mol. The predicted octanol–water partition coefficient (Wildman–Crippen LogP) is 8.40. The Morgan fingerprint density at radius 1 is 0.680 bits per heavy atom. The molecule has 144 valence electrons. The number of benzene rings is 1. The van der Waals surface area contributed by atoms with Crippen LogP contribution in [0.3, 0.4) is 0 Å². The van der Waals surface area contributed by atoms with Gasteiger partial charge < -0.3 is 0 Å². The number of hydrogen-bond donors (Lipinski definition) is 0. The lowest BCUT2D eigenvalue weighted by atomic mass is 9.76. The van der Waals surface area contributed by atoms with E-state index in [9.17, 15) is 0 Å². The summed E-state index contributed by atoms with van der Waals surface area (Å²) in [6.07, 6.45) is 17.6. The van der Waals surface area contributed by atoms with Gasteiger partial charge in [0.05, 0.1) is 0 Å². The highest BCUT2D eigenvalue weighted by Crippen LogP contribution is 2.32. The summed E-state index contributed by atoms with van der Waals surface area (Å²) in [6, 6.07) is 7.34. The van der Waals surface area contributed by atoms with Gasteiger partial charge in [0, 0.05) is 0 Å². The lowest BCUT2D eigenvalue weighted by Gasteiger charge is -2.28. The Labute approximate surface area is 158 Å². The van der Waals surface area contributed by atoms with Crippen LogP contribution in [0.4, 0.5) is 0 Å². The van der Waals surface area contributed by atoms with Crippen molar-refractivity contribution in [3.63, 3.8) is 0 Å². The second-order valence-corrected chi connectivity index (χ2v) is 8.18. The summed E-state index contributed by atoms with van der Waals surface area (Å²) in [4.78, 5) is 0. The van der Waals surface area contributed by atoms with E-state index in [4.69, 9.17) is 0 Å². The molecule has 0 fully saturated rings. The SMILES string of the molecule is CCCCCCCCCCCc1cc(C(C)(CC)CC)ccc1CC. The zero-order chi connectivity index (χ0) is 18.5. The first kappa shape index (κ1) is 22.3. The van der Waals surface area contributed by atoms with E-state index < -0.39 is 0 Å². The molecule has 0 amide bonds. The Morgan fingerprint density at radius 3 is 1.76 bits per heavy atom. The summed E-state index contributed by atoms with van der Waals surface area (Å²) in [5.74, 6) is 0. The first-order valence-corrected chi connectivity index (χ1v) is 11.2. The van der Waals surface area contributed by atoms with Gasteiger partial charge >= 0.3 is 0 Å². The van der Waals surface area contributed by atoms with Gasteiger partial charge in [-0.2, -0.15) is 0 Å².